The molecular weight excluding hydrogens is 400 g/mol. The van der Waals surface area contributed by atoms with Crippen molar-refractivity contribution < 1.29 is 24.0 Å². The molecule has 0 radical (unpaired) electrons. The fraction of sp³-hybridized carbons (Fsp3) is 0.227. The normalized spacial score (nSPS) is 17.9. The Morgan fingerprint density at radius 1 is 0.935 bits per heavy atom. The van der Waals surface area contributed by atoms with Crippen molar-refractivity contribution in [2.24, 2.45) is 0 Å². The first-order chi connectivity index (χ1) is 15.0. The van der Waals surface area contributed by atoms with Crippen LogP contribution in [0, 0.1) is 0 Å². The van der Waals surface area contributed by atoms with E-state index >= 15 is 0 Å². The molecule has 0 saturated carbocycles. The maximum atomic E-state index is 13.0. The Bertz CT molecular complexity index is 1100. The van der Waals surface area contributed by atoms with Crippen molar-refractivity contribution in [2.75, 3.05) is 23.7 Å². The van der Waals surface area contributed by atoms with E-state index < -0.39 is 29.7 Å². The number of anilines is 2. The van der Waals surface area contributed by atoms with Crippen molar-refractivity contribution in [3.63, 3.8) is 0 Å². The van der Waals surface area contributed by atoms with Gasteiger partial charge in [0.2, 0.25) is 11.8 Å². The SMILES string of the molecule is O=Cc1ccccc1NCCNc1cccc2c1C(=O)N(C1CCC(=O)NC1=O)C2=O. The predicted molar refractivity (Wildman–Crippen MR) is 112 cm³/mol. The summed E-state index contributed by atoms with van der Waals surface area (Å²) in [6, 6.07) is 11.0. The van der Waals surface area contributed by atoms with Gasteiger partial charge in [-0.25, -0.2) is 0 Å². The molecule has 1 atom stereocenters. The summed E-state index contributed by atoms with van der Waals surface area (Å²) in [6.07, 6.45) is 0.954. The van der Waals surface area contributed by atoms with Gasteiger partial charge in [0.25, 0.3) is 11.8 Å². The average Bonchev–Trinajstić information content (AvgIpc) is 3.02. The molecule has 158 valence electrons. The Hall–Kier alpha value is -4.01. The number of nitrogens with zero attached hydrogens (tertiary/aromatic N) is 1. The number of amides is 4. The van der Waals surface area contributed by atoms with Gasteiger partial charge in [0.05, 0.1) is 11.1 Å². The second-order valence-corrected chi connectivity index (χ2v) is 7.23. The minimum Gasteiger partial charge on any atom is -0.383 e. The molecule has 0 aliphatic carbocycles. The minimum absolute atomic E-state index is 0.0723. The second-order valence-electron chi connectivity index (χ2n) is 7.23. The third-order valence-corrected chi connectivity index (χ3v) is 5.31. The average molecular weight is 420 g/mol. The highest BCUT2D eigenvalue weighted by molar-refractivity contribution is 6.25. The fourth-order valence-electron chi connectivity index (χ4n) is 3.82. The Morgan fingerprint density at radius 2 is 1.65 bits per heavy atom. The van der Waals surface area contributed by atoms with Crippen LogP contribution in [-0.4, -0.2) is 53.9 Å². The summed E-state index contributed by atoms with van der Waals surface area (Å²) in [6.45, 7) is 0.886. The third-order valence-electron chi connectivity index (χ3n) is 5.31. The first-order valence-corrected chi connectivity index (χ1v) is 9.88. The largest absolute Gasteiger partial charge is 0.383 e. The number of rotatable bonds is 7. The summed E-state index contributed by atoms with van der Waals surface area (Å²) >= 11 is 0. The number of imide groups is 2. The van der Waals surface area contributed by atoms with Gasteiger partial charge in [-0.15, -0.1) is 0 Å². The zero-order valence-corrected chi connectivity index (χ0v) is 16.5. The third kappa shape index (κ3) is 3.77. The topological polar surface area (TPSA) is 125 Å². The maximum absolute atomic E-state index is 13.0. The highest BCUT2D eigenvalue weighted by Gasteiger charge is 2.45. The molecule has 2 heterocycles. The molecule has 4 amide bonds. The molecule has 0 spiro atoms. The van der Waals surface area contributed by atoms with E-state index in [0.717, 1.165) is 11.2 Å². The van der Waals surface area contributed by atoms with Gasteiger partial charge in [-0.1, -0.05) is 18.2 Å². The van der Waals surface area contributed by atoms with Crippen LogP contribution in [0.15, 0.2) is 42.5 Å². The lowest BCUT2D eigenvalue weighted by molar-refractivity contribution is -0.136. The van der Waals surface area contributed by atoms with E-state index in [9.17, 15) is 24.0 Å². The lowest BCUT2D eigenvalue weighted by Crippen LogP contribution is -2.54. The summed E-state index contributed by atoms with van der Waals surface area (Å²) in [5.74, 6) is -2.16. The van der Waals surface area contributed by atoms with E-state index in [-0.39, 0.29) is 24.0 Å². The fourth-order valence-corrected chi connectivity index (χ4v) is 3.82. The summed E-state index contributed by atoms with van der Waals surface area (Å²) in [5, 5.41) is 8.47. The monoisotopic (exact) mass is 420 g/mol. The predicted octanol–water partition coefficient (Wildman–Crippen LogP) is 1.42. The number of hydrogen-bond donors (Lipinski definition) is 3. The zero-order valence-electron chi connectivity index (χ0n) is 16.5. The molecule has 0 aromatic heterocycles. The number of carbonyl (C=O) groups excluding carboxylic acids is 5. The van der Waals surface area contributed by atoms with E-state index in [1.807, 2.05) is 6.07 Å². The van der Waals surface area contributed by atoms with Gasteiger partial charge in [-0.3, -0.25) is 34.2 Å². The van der Waals surface area contributed by atoms with Gasteiger partial charge in [-0.05, 0) is 30.7 Å². The molecule has 2 aliphatic heterocycles. The van der Waals surface area contributed by atoms with Crippen LogP contribution < -0.4 is 16.0 Å². The number of para-hydroxylation sites is 1. The number of benzene rings is 2. The lowest BCUT2D eigenvalue weighted by atomic mass is 10.0. The summed E-state index contributed by atoms with van der Waals surface area (Å²) in [7, 11) is 0. The van der Waals surface area contributed by atoms with E-state index in [2.05, 4.69) is 16.0 Å². The summed E-state index contributed by atoms with van der Waals surface area (Å²) in [4.78, 5) is 61.5. The number of carbonyl (C=O) groups is 5. The van der Waals surface area contributed by atoms with Crippen LogP contribution in [0.4, 0.5) is 11.4 Å². The molecule has 1 fully saturated rings. The van der Waals surface area contributed by atoms with Crippen LogP contribution in [0.25, 0.3) is 0 Å². The molecule has 9 heteroatoms. The second kappa shape index (κ2) is 8.39. The Morgan fingerprint density at radius 3 is 2.39 bits per heavy atom. The molecule has 1 unspecified atom stereocenters. The molecule has 2 aromatic rings. The van der Waals surface area contributed by atoms with Crippen LogP contribution in [0.3, 0.4) is 0 Å². The first kappa shape index (κ1) is 20.3. The molecule has 4 rings (SSSR count). The Kier molecular flexibility index (Phi) is 5.48. The van der Waals surface area contributed by atoms with Crippen molar-refractivity contribution in [1.29, 1.82) is 0 Å². The Labute approximate surface area is 177 Å². The number of aldehydes is 1. The molecule has 1 saturated heterocycles. The van der Waals surface area contributed by atoms with Crippen LogP contribution >= 0.6 is 0 Å². The first-order valence-electron chi connectivity index (χ1n) is 9.88. The smallest absolute Gasteiger partial charge is 0.264 e. The number of nitrogens with one attached hydrogen (secondary N) is 3. The molecule has 3 N–H and O–H groups in total. The van der Waals surface area contributed by atoms with Gasteiger partial charge in [0, 0.05) is 36.4 Å². The number of piperidine rings is 1. The van der Waals surface area contributed by atoms with E-state index in [1.54, 1.807) is 36.4 Å². The molecule has 2 aliphatic rings. The zero-order chi connectivity index (χ0) is 22.0. The van der Waals surface area contributed by atoms with Crippen molar-refractivity contribution in [1.82, 2.24) is 10.2 Å². The van der Waals surface area contributed by atoms with Gasteiger partial charge >= 0.3 is 0 Å². The molecule has 0 bridgehead atoms. The maximum Gasteiger partial charge on any atom is 0.264 e. The molecule has 9 nitrogen and oxygen atoms in total. The quantitative estimate of drug-likeness (QED) is 0.351. The van der Waals surface area contributed by atoms with Crippen LogP contribution in [0.1, 0.15) is 43.9 Å². The van der Waals surface area contributed by atoms with Gasteiger partial charge in [0.1, 0.15) is 6.04 Å². The van der Waals surface area contributed by atoms with Gasteiger partial charge < -0.3 is 10.6 Å². The van der Waals surface area contributed by atoms with Gasteiger partial charge in [0.15, 0.2) is 6.29 Å². The molecular formula is C22H20N4O5. The van der Waals surface area contributed by atoms with Crippen molar-refractivity contribution in [3.05, 3.63) is 59.2 Å². The highest BCUT2D eigenvalue weighted by Crippen LogP contribution is 2.32. The Balaban J connectivity index is 1.46. The standard InChI is InChI=1S/C22H20N4O5/c27-12-13-4-1-2-6-15(13)23-10-11-24-16-7-3-5-14-19(16)22(31)26(21(14)30)17-8-9-18(28)25-20(17)29/h1-7,12,17,23-24H,8-11H2,(H,25,28,29). The van der Waals surface area contributed by atoms with Crippen molar-refractivity contribution in [2.45, 2.75) is 18.9 Å². The summed E-state index contributed by atoms with van der Waals surface area (Å²) < 4.78 is 0. The van der Waals surface area contributed by atoms with Crippen LogP contribution in [-0.2, 0) is 9.59 Å². The van der Waals surface area contributed by atoms with E-state index in [0.29, 0.717) is 30.0 Å². The lowest BCUT2D eigenvalue weighted by Gasteiger charge is -2.27. The number of hydrogen-bond acceptors (Lipinski definition) is 7. The van der Waals surface area contributed by atoms with Crippen LogP contribution in [0.5, 0.6) is 0 Å². The van der Waals surface area contributed by atoms with Crippen molar-refractivity contribution in [3.8, 4) is 0 Å². The highest BCUT2D eigenvalue weighted by atomic mass is 16.2. The van der Waals surface area contributed by atoms with Crippen LogP contribution in [0.2, 0.25) is 0 Å². The van der Waals surface area contributed by atoms with E-state index in [4.69, 9.17) is 0 Å². The van der Waals surface area contributed by atoms with E-state index in [1.165, 1.54) is 0 Å². The van der Waals surface area contributed by atoms with Crippen molar-refractivity contribution >= 4 is 41.3 Å². The molecule has 2 aromatic carbocycles. The summed E-state index contributed by atoms with van der Waals surface area (Å²) in [5.41, 5.74) is 2.16. The number of fused-ring (bicyclic) bond motifs is 1. The van der Waals surface area contributed by atoms with Gasteiger partial charge in [-0.2, -0.15) is 0 Å². The molecule has 31 heavy (non-hydrogen) atoms. The minimum atomic E-state index is -1.00.